The van der Waals surface area contributed by atoms with E-state index in [0.717, 1.165) is 41.5 Å². The minimum Gasteiger partial charge on any atom is -0.449 e. The van der Waals surface area contributed by atoms with Crippen molar-refractivity contribution in [2.45, 2.75) is 39.3 Å². The third kappa shape index (κ3) is 2.83. The van der Waals surface area contributed by atoms with Crippen LogP contribution in [0.5, 0.6) is 0 Å². The summed E-state index contributed by atoms with van der Waals surface area (Å²) >= 11 is 25.3. The van der Waals surface area contributed by atoms with Crippen LogP contribution in [0.15, 0.2) is 24.3 Å². The van der Waals surface area contributed by atoms with E-state index in [4.69, 9.17) is 51.1 Å². The Morgan fingerprint density at radius 1 is 1.00 bits per heavy atom. The molecular weight excluding hydrogens is 440 g/mol. The predicted molar refractivity (Wildman–Crippen MR) is 115 cm³/mol. The topological polar surface area (TPSA) is 31.2 Å². The van der Waals surface area contributed by atoms with Crippen LogP contribution >= 0.6 is 46.4 Å². The number of nitrogens with zero attached hydrogens (tertiary/aromatic N) is 1. The molecule has 0 N–H and O–H groups in total. The number of hydrogen-bond donors (Lipinski definition) is 0. The first-order valence-electron chi connectivity index (χ1n) is 9.03. The molecule has 0 aliphatic carbocycles. The molecule has 1 aliphatic rings. The minimum atomic E-state index is -0.685. The maximum absolute atomic E-state index is 12.6. The average Bonchev–Trinajstić information content (AvgIpc) is 3.16. The maximum atomic E-state index is 12.6. The number of cyclic esters (lactones) is 1. The van der Waals surface area contributed by atoms with E-state index in [-0.39, 0.29) is 25.7 Å². The Kier molecular flexibility index (Phi) is 5.30. The zero-order chi connectivity index (χ0) is 20.2. The van der Waals surface area contributed by atoms with Crippen molar-refractivity contribution in [2.24, 2.45) is 0 Å². The summed E-state index contributed by atoms with van der Waals surface area (Å²) in [6.45, 7) is 5.07. The van der Waals surface area contributed by atoms with Gasteiger partial charge in [-0.05, 0) is 19.4 Å². The number of unbranched alkanes of at least 4 members (excludes halogenated alkanes) is 1. The lowest BCUT2D eigenvalue weighted by Gasteiger charge is -2.15. The lowest BCUT2D eigenvalue weighted by molar-refractivity contribution is 0.0457. The SMILES string of the molecule is CCCCn1c(C)c(C2OC(=O)c3c(Cl)c(Cl)c(Cl)c(Cl)c32)c2ccccc21. The Labute approximate surface area is 183 Å². The number of carbonyl (C=O) groups is 1. The van der Waals surface area contributed by atoms with Crippen molar-refractivity contribution in [2.75, 3.05) is 0 Å². The molecule has 2 heterocycles. The summed E-state index contributed by atoms with van der Waals surface area (Å²) in [5.74, 6) is -0.546. The molecule has 0 fully saturated rings. The first-order chi connectivity index (χ1) is 13.4. The van der Waals surface area contributed by atoms with Crippen LogP contribution in [0.3, 0.4) is 0 Å². The van der Waals surface area contributed by atoms with Gasteiger partial charge in [0, 0.05) is 34.3 Å². The number of carbonyl (C=O) groups excluding carboxylic acids is 1. The Bertz CT molecular complexity index is 1120. The fourth-order valence-corrected chi connectivity index (χ4v) is 4.96. The normalized spacial score (nSPS) is 15.9. The summed E-state index contributed by atoms with van der Waals surface area (Å²) in [5, 5.41) is 1.48. The molecule has 1 unspecified atom stereocenters. The molecule has 0 saturated heterocycles. The van der Waals surface area contributed by atoms with Crippen LogP contribution in [0.2, 0.25) is 20.1 Å². The Morgan fingerprint density at radius 3 is 2.39 bits per heavy atom. The predicted octanol–water partition coefficient (Wildman–Crippen LogP) is 7.62. The maximum Gasteiger partial charge on any atom is 0.341 e. The van der Waals surface area contributed by atoms with Gasteiger partial charge in [-0.1, -0.05) is 77.9 Å². The number of para-hydroxylation sites is 1. The van der Waals surface area contributed by atoms with Crippen molar-refractivity contribution in [3.8, 4) is 0 Å². The molecule has 0 spiro atoms. The molecule has 0 bridgehead atoms. The number of esters is 1. The zero-order valence-electron chi connectivity index (χ0n) is 15.3. The van der Waals surface area contributed by atoms with Crippen molar-refractivity contribution in [3.63, 3.8) is 0 Å². The lowest BCUT2D eigenvalue weighted by atomic mass is 9.96. The number of aromatic nitrogens is 1. The van der Waals surface area contributed by atoms with Gasteiger partial charge in [-0.2, -0.15) is 0 Å². The number of aryl methyl sites for hydroxylation is 1. The van der Waals surface area contributed by atoms with Gasteiger partial charge in [-0.15, -0.1) is 0 Å². The highest BCUT2D eigenvalue weighted by atomic mass is 35.5. The number of ether oxygens (including phenoxy) is 1. The molecule has 1 atom stereocenters. The van der Waals surface area contributed by atoms with Gasteiger partial charge in [0.2, 0.25) is 0 Å². The monoisotopic (exact) mass is 455 g/mol. The summed E-state index contributed by atoms with van der Waals surface area (Å²) in [6, 6.07) is 8.07. The number of fused-ring (bicyclic) bond motifs is 2. The highest BCUT2D eigenvalue weighted by molar-refractivity contribution is 6.53. The summed E-state index contributed by atoms with van der Waals surface area (Å²) in [4.78, 5) is 12.6. The molecule has 1 aromatic heterocycles. The van der Waals surface area contributed by atoms with Gasteiger partial charge in [-0.3, -0.25) is 0 Å². The van der Waals surface area contributed by atoms with Crippen LogP contribution in [0.1, 0.15) is 53.0 Å². The van der Waals surface area contributed by atoms with Crippen molar-refractivity contribution in [1.29, 1.82) is 0 Å². The first kappa shape index (κ1) is 19.9. The number of rotatable bonds is 4. The second kappa shape index (κ2) is 7.46. The van der Waals surface area contributed by atoms with E-state index >= 15 is 0 Å². The summed E-state index contributed by atoms with van der Waals surface area (Å²) in [7, 11) is 0. The highest BCUT2D eigenvalue weighted by Gasteiger charge is 2.41. The van der Waals surface area contributed by atoms with Crippen molar-refractivity contribution in [3.05, 3.63) is 66.7 Å². The quantitative estimate of drug-likeness (QED) is 0.229. The molecule has 146 valence electrons. The molecule has 28 heavy (non-hydrogen) atoms. The molecule has 0 amide bonds. The number of halogens is 4. The van der Waals surface area contributed by atoms with E-state index in [1.807, 2.05) is 25.1 Å². The van der Waals surface area contributed by atoms with Crippen LogP contribution in [-0.2, 0) is 11.3 Å². The average molecular weight is 457 g/mol. The number of hydrogen-bond acceptors (Lipinski definition) is 2. The second-order valence-corrected chi connectivity index (χ2v) is 8.36. The van der Waals surface area contributed by atoms with Gasteiger partial charge >= 0.3 is 5.97 Å². The molecule has 0 saturated carbocycles. The van der Waals surface area contributed by atoms with Gasteiger partial charge in [0.15, 0.2) is 6.10 Å². The van der Waals surface area contributed by atoms with Gasteiger partial charge < -0.3 is 9.30 Å². The molecular formula is C21H17Cl4NO2. The van der Waals surface area contributed by atoms with Crippen molar-refractivity contribution < 1.29 is 9.53 Å². The van der Waals surface area contributed by atoms with Gasteiger partial charge in [0.1, 0.15) is 0 Å². The summed E-state index contributed by atoms with van der Waals surface area (Å²) < 4.78 is 8.01. The van der Waals surface area contributed by atoms with E-state index < -0.39 is 12.1 Å². The van der Waals surface area contributed by atoms with Crippen LogP contribution in [0.25, 0.3) is 10.9 Å². The fourth-order valence-electron chi connectivity index (χ4n) is 3.92. The van der Waals surface area contributed by atoms with Crippen LogP contribution < -0.4 is 0 Å². The zero-order valence-corrected chi connectivity index (χ0v) is 18.3. The van der Waals surface area contributed by atoms with E-state index in [9.17, 15) is 4.79 Å². The molecule has 3 aromatic rings. The van der Waals surface area contributed by atoms with Crippen molar-refractivity contribution in [1.82, 2.24) is 4.57 Å². The van der Waals surface area contributed by atoms with E-state index in [1.165, 1.54) is 0 Å². The Morgan fingerprint density at radius 2 is 1.68 bits per heavy atom. The standard InChI is InChI=1S/C21H17Cl4NO2/c1-3-4-9-26-10(2)13(11-7-5-6-8-12(11)26)20-14-15(21(27)28-20)17(23)19(25)18(24)16(14)22/h5-8,20H,3-4,9H2,1-2H3. The molecule has 2 aromatic carbocycles. The first-order valence-corrected chi connectivity index (χ1v) is 10.5. The molecule has 3 nitrogen and oxygen atoms in total. The highest BCUT2D eigenvalue weighted by Crippen LogP contribution is 2.51. The van der Waals surface area contributed by atoms with E-state index in [0.29, 0.717) is 5.56 Å². The van der Waals surface area contributed by atoms with Gasteiger partial charge in [-0.25, -0.2) is 4.79 Å². The molecule has 0 radical (unpaired) electrons. The Hall–Kier alpha value is -1.39. The van der Waals surface area contributed by atoms with E-state index in [1.54, 1.807) is 0 Å². The third-order valence-corrected chi connectivity index (χ3v) is 7.09. The van der Waals surface area contributed by atoms with Crippen LogP contribution in [0.4, 0.5) is 0 Å². The number of benzene rings is 2. The third-order valence-electron chi connectivity index (χ3n) is 5.27. The lowest BCUT2D eigenvalue weighted by Crippen LogP contribution is -2.05. The second-order valence-electron chi connectivity index (χ2n) is 6.85. The van der Waals surface area contributed by atoms with Crippen LogP contribution in [-0.4, -0.2) is 10.5 Å². The summed E-state index contributed by atoms with van der Waals surface area (Å²) in [5.41, 5.74) is 3.69. The molecule has 4 rings (SSSR count). The smallest absolute Gasteiger partial charge is 0.341 e. The van der Waals surface area contributed by atoms with Gasteiger partial charge in [0.25, 0.3) is 0 Å². The van der Waals surface area contributed by atoms with Crippen molar-refractivity contribution >= 4 is 63.3 Å². The molecule has 1 aliphatic heterocycles. The van der Waals surface area contributed by atoms with E-state index in [2.05, 4.69) is 17.6 Å². The minimum absolute atomic E-state index is 0.0618. The molecule has 7 heteroatoms. The van der Waals surface area contributed by atoms with Gasteiger partial charge in [0.05, 0.1) is 25.7 Å². The van der Waals surface area contributed by atoms with Crippen LogP contribution in [0, 0.1) is 6.92 Å². The largest absolute Gasteiger partial charge is 0.449 e. The summed E-state index contributed by atoms with van der Waals surface area (Å²) in [6.07, 6.45) is 1.45. The Balaban J connectivity index is 2.00. The fraction of sp³-hybridized carbons (Fsp3) is 0.286.